The van der Waals surface area contributed by atoms with Gasteiger partial charge in [0, 0.05) is 16.7 Å². The number of nitriles is 1. The van der Waals surface area contributed by atoms with Crippen LogP contribution in [-0.2, 0) is 12.6 Å². The molecule has 0 saturated heterocycles. The predicted octanol–water partition coefficient (Wildman–Crippen LogP) is 5.73. The maximum absolute atomic E-state index is 12.9. The van der Waals surface area contributed by atoms with Crippen LogP contribution in [0.2, 0.25) is 0 Å². The molecule has 0 fully saturated rings. The first-order valence-corrected chi connectivity index (χ1v) is 9.16. The fourth-order valence-electron chi connectivity index (χ4n) is 3.54. The third-order valence-corrected chi connectivity index (χ3v) is 5.30. The molecule has 150 valence electrons. The lowest BCUT2D eigenvalue weighted by atomic mass is 9.69. The van der Waals surface area contributed by atoms with Gasteiger partial charge in [0.2, 0.25) is 0 Å². The average molecular weight is 399 g/mol. The zero-order chi connectivity index (χ0) is 21.2. The fourth-order valence-corrected chi connectivity index (χ4v) is 3.54. The number of nitrogens with one attached hydrogen (secondary N) is 2. The Morgan fingerprint density at radius 2 is 1.90 bits per heavy atom. The third-order valence-electron chi connectivity index (χ3n) is 5.30. The van der Waals surface area contributed by atoms with Gasteiger partial charge in [-0.3, -0.25) is 0 Å². The van der Waals surface area contributed by atoms with Gasteiger partial charge in [0.25, 0.3) is 0 Å². The number of anilines is 1. The molecule has 0 unspecified atom stereocenters. The molecule has 2 aromatic carbocycles. The van der Waals surface area contributed by atoms with Crippen LogP contribution in [0.25, 0.3) is 5.70 Å². The van der Waals surface area contributed by atoms with Gasteiger partial charge in [-0.15, -0.1) is 0 Å². The highest BCUT2D eigenvalue weighted by Crippen LogP contribution is 2.43. The maximum Gasteiger partial charge on any atom is 0.416 e. The van der Waals surface area contributed by atoms with Crippen molar-refractivity contribution in [3.8, 4) is 6.07 Å². The largest absolute Gasteiger partial charge is 0.416 e. The maximum atomic E-state index is 12.9. The van der Waals surface area contributed by atoms with E-state index >= 15 is 0 Å². The summed E-state index contributed by atoms with van der Waals surface area (Å²) in [5.41, 5.74) is 1.31. The predicted molar refractivity (Wildman–Crippen MR) is 105 cm³/mol. The topological polar surface area (TPSA) is 64.9 Å². The summed E-state index contributed by atoms with van der Waals surface area (Å²) in [6, 6.07) is 13.4. The molecule has 2 aromatic rings. The van der Waals surface area contributed by atoms with E-state index in [1.54, 1.807) is 0 Å². The van der Waals surface area contributed by atoms with Crippen molar-refractivity contribution in [2.24, 2.45) is 5.41 Å². The third kappa shape index (κ3) is 4.11. The first-order chi connectivity index (χ1) is 13.7. The zero-order valence-electron chi connectivity index (χ0n) is 16.0. The Morgan fingerprint density at radius 3 is 2.55 bits per heavy atom. The van der Waals surface area contributed by atoms with Crippen molar-refractivity contribution in [3.63, 3.8) is 0 Å². The van der Waals surface area contributed by atoms with Crippen LogP contribution in [0.1, 0.15) is 37.0 Å². The molecule has 0 bridgehead atoms. The van der Waals surface area contributed by atoms with Gasteiger partial charge in [0.1, 0.15) is 0 Å². The second-order valence-corrected chi connectivity index (χ2v) is 7.27. The van der Waals surface area contributed by atoms with Crippen LogP contribution in [0.3, 0.4) is 0 Å². The number of hydrogen-bond donors (Lipinski definition) is 2. The Bertz CT molecular complexity index is 1020. The molecule has 1 aliphatic rings. The van der Waals surface area contributed by atoms with Gasteiger partial charge in [-0.25, -0.2) is 4.79 Å². The van der Waals surface area contributed by atoms with E-state index in [0.717, 1.165) is 23.3 Å². The van der Waals surface area contributed by atoms with Gasteiger partial charge < -0.3 is 10.6 Å². The number of nitrogens with zero attached hydrogens (tertiary/aromatic N) is 1. The smallest absolute Gasteiger partial charge is 0.308 e. The highest BCUT2D eigenvalue weighted by Gasteiger charge is 2.36. The van der Waals surface area contributed by atoms with Crippen molar-refractivity contribution < 1.29 is 18.0 Å². The zero-order valence-corrected chi connectivity index (χ0v) is 16.0. The molecule has 0 saturated carbocycles. The second kappa shape index (κ2) is 7.63. The van der Waals surface area contributed by atoms with Crippen LogP contribution in [-0.4, -0.2) is 6.03 Å². The molecule has 1 atom stereocenters. The summed E-state index contributed by atoms with van der Waals surface area (Å²) in [4.78, 5) is 12.6. The van der Waals surface area contributed by atoms with Crippen LogP contribution in [0.4, 0.5) is 23.7 Å². The van der Waals surface area contributed by atoms with Crippen molar-refractivity contribution in [2.75, 3.05) is 5.32 Å². The minimum atomic E-state index is -4.50. The second-order valence-electron chi connectivity index (χ2n) is 7.27. The van der Waals surface area contributed by atoms with Gasteiger partial charge in [-0.2, -0.15) is 18.4 Å². The van der Waals surface area contributed by atoms with Gasteiger partial charge >= 0.3 is 12.2 Å². The van der Waals surface area contributed by atoms with Crippen LogP contribution >= 0.6 is 0 Å². The summed E-state index contributed by atoms with van der Waals surface area (Å²) in [6.07, 6.45) is -3.14. The van der Waals surface area contributed by atoms with Crippen molar-refractivity contribution in [1.82, 2.24) is 5.32 Å². The van der Waals surface area contributed by atoms with Crippen molar-refractivity contribution in [2.45, 2.75) is 32.9 Å². The van der Waals surface area contributed by atoms with Crippen LogP contribution in [0.15, 0.2) is 54.1 Å². The normalized spacial score (nSPS) is 18.6. The molecule has 0 spiro atoms. The molecule has 1 aliphatic carbocycles. The Kier molecular flexibility index (Phi) is 5.38. The Morgan fingerprint density at radius 1 is 1.17 bits per heavy atom. The quantitative estimate of drug-likeness (QED) is 0.692. The molecule has 0 aromatic heterocycles. The van der Waals surface area contributed by atoms with Crippen LogP contribution in [0, 0.1) is 16.7 Å². The van der Waals surface area contributed by atoms with Gasteiger partial charge in [-0.1, -0.05) is 44.2 Å². The number of halogens is 3. The van der Waals surface area contributed by atoms with E-state index in [9.17, 15) is 23.2 Å². The van der Waals surface area contributed by atoms with E-state index in [0.29, 0.717) is 24.1 Å². The molecule has 4 nitrogen and oxygen atoms in total. The number of allylic oxidation sites excluding steroid dienone is 1. The minimum Gasteiger partial charge on any atom is -0.308 e. The summed E-state index contributed by atoms with van der Waals surface area (Å²) in [7, 11) is 0. The number of alkyl halides is 3. The first-order valence-electron chi connectivity index (χ1n) is 9.16. The average Bonchev–Trinajstić information content (AvgIpc) is 2.67. The van der Waals surface area contributed by atoms with Crippen molar-refractivity contribution >= 4 is 17.4 Å². The number of carbonyl (C=O) groups excluding carboxylic acids is 1. The van der Waals surface area contributed by atoms with Gasteiger partial charge in [0.05, 0.1) is 22.9 Å². The summed E-state index contributed by atoms with van der Waals surface area (Å²) in [5.74, 6) is 0. The van der Waals surface area contributed by atoms with Crippen LogP contribution < -0.4 is 10.6 Å². The number of carbonyl (C=O) groups is 1. The van der Waals surface area contributed by atoms with E-state index in [-0.39, 0.29) is 5.69 Å². The van der Waals surface area contributed by atoms with Crippen molar-refractivity contribution in [1.29, 1.82) is 5.26 Å². The van der Waals surface area contributed by atoms with Crippen LogP contribution in [0.5, 0.6) is 0 Å². The minimum absolute atomic E-state index is 0.0128. The number of rotatable bonds is 3. The highest BCUT2D eigenvalue weighted by molar-refractivity contribution is 5.97. The van der Waals surface area contributed by atoms with E-state index in [4.69, 9.17) is 0 Å². The lowest BCUT2D eigenvalue weighted by Crippen LogP contribution is -2.35. The summed E-state index contributed by atoms with van der Waals surface area (Å²) in [6.45, 7) is 3.94. The number of hydrogen-bond acceptors (Lipinski definition) is 2. The van der Waals surface area contributed by atoms with Crippen molar-refractivity contribution in [3.05, 3.63) is 70.8 Å². The van der Waals surface area contributed by atoms with E-state index in [2.05, 4.69) is 16.7 Å². The molecule has 2 amide bonds. The number of benzene rings is 2. The highest BCUT2D eigenvalue weighted by atomic mass is 19.4. The molecule has 0 aliphatic heterocycles. The Hall–Kier alpha value is -3.27. The standard InChI is InChI=1S/C22H20F3N3O/c1-3-21(2)12-14-7-4-5-10-17(14)19(18(21)13-26)28-20(29)27-16-9-6-8-15(11-16)22(23,24)25/h4-11H,3,12H2,1-2H3,(H2,27,28,29)/t21-/m0/s1. The molecular formula is C22H20F3N3O. The molecule has 0 heterocycles. The van der Waals surface area contributed by atoms with E-state index < -0.39 is 23.2 Å². The Labute approximate surface area is 167 Å². The lowest BCUT2D eigenvalue weighted by Gasteiger charge is -2.35. The van der Waals surface area contributed by atoms with Gasteiger partial charge in [-0.05, 0) is 36.6 Å². The molecular weight excluding hydrogens is 379 g/mol. The SMILES string of the molecule is CC[C@@]1(C)Cc2ccccc2C(NC(=O)Nc2cccc(C(F)(F)F)c2)=C1C#N. The molecule has 29 heavy (non-hydrogen) atoms. The number of urea groups is 1. The number of fused-ring (bicyclic) bond motifs is 1. The fraction of sp³-hybridized carbons (Fsp3) is 0.273. The molecule has 0 radical (unpaired) electrons. The summed E-state index contributed by atoms with van der Waals surface area (Å²) < 4.78 is 38.7. The van der Waals surface area contributed by atoms with E-state index in [1.807, 2.05) is 38.1 Å². The first kappa shape index (κ1) is 20.5. The molecule has 3 rings (SSSR count). The number of amides is 2. The summed E-state index contributed by atoms with van der Waals surface area (Å²) >= 11 is 0. The molecule has 7 heteroatoms. The molecule has 2 N–H and O–H groups in total. The monoisotopic (exact) mass is 399 g/mol. The lowest BCUT2D eigenvalue weighted by molar-refractivity contribution is -0.137. The van der Waals surface area contributed by atoms with E-state index in [1.165, 1.54) is 12.1 Å². The van der Waals surface area contributed by atoms with Gasteiger partial charge in [0.15, 0.2) is 0 Å². The Balaban J connectivity index is 1.93. The summed E-state index contributed by atoms with van der Waals surface area (Å²) in [5, 5.41) is 14.9.